The molecule has 184 valence electrons. The molecule has 0 amide bonds. The lowest BCUT2D eigenvalue weighted by atomic mass is 10.0. The lowest BCUT2D eigenvalue weighted by molar-refractivity contribution is -0.193. The minimum atomic E-state index is -5.31. The Kier molecular flexibility index (Phi) is 6.79. The summed E-state index contributed by atoms with van der Waals surface area (Å²) in [5, 5.41) is 9.13. The molecule has 0 atom stereocenters. The Morgan fingerprint density at radius 1 is 0.971 bits per heavy atom. The second-order valence-electron chi connectivity index (χ2n) is 7.68. The third-order valence-electron chi connectivity index (χ3n) is 5.27. The summed E-state index contributed by atoms with van der Waals surface area (Å²) in [4.78, 5) is 25.3. The Labute approximate surface area is 199 Å². The molecule has 0 unspecified atom stereocenters. The predicted molar refractivity (Wildman–Crippen MR) is 115 cm³/mol. The summed E-state index contributed by atoms with van der Waals surface area (Å²) < 4.78 is 67.5. The smallest absolute Gasteiger partial charge is 0.381 e. The van der Waals surface area contributed by atoms with E-state index in [2.05, 4.69) is 20.1 Å². The molecule has 13 heteroatoms. The van der Waals surface area contributed by atoms with E-state index in [4.69, 9.17) is 0 Å². The third kappa shape index (κ3) is 5.96. The standard InChI is InChI=1S/C22H17F5N4O3S/c23-21(24)9-11-31(12-10-21)15-5-1-13(2-6-15)14-3-7-16(8-4-14)35-18-17(28-30-29-18)19(32)34-20(33)22(25,26)27/h1-8H,9-12H2,(H,28,29,30). The van der Waals surface area contributed by atoms with Crippen LogP contribution < -0.4 is 4.90 Å². The van der Waals surface area contributed by atoms with Crippen LogP contribution in [0.5, 0.6) is 0 Å². The van der Waals surface area contributed by atoms with Crippen LogP contribution in [-0.2, 0) is 9.53 Å². The quantitative estimate of drug-likeness (QED) is 0.289. The molecule has 2 heterocycles. The number of rotatable bonds is 5. The van der Waals surface area contributed by atoms with Gasteiger partial charge in [-0.05, 0) is 35.4 Å². The van der Waals surface area contributed by atoms with Crippen LogP contribution in [0.25, 0.3) is 11.1 Å². The van der Waals surface area contributed by atoms with Gasteiger partial charge in [0.25, 0.3) is 5.92 Å². The van der Waals surface area contributed by atoms with Gasteiger partial charge in [-0.3, -0.25) is 0 Å². The maximum Gasteiger partial charge on any atom is 0.491 e. The second-order valence-corrected chi connectivity index (χ2v) is 8.75. The second kappa shape index (κ2) is 9.64. The molecule has 0 bridgehead atoms. The number of hydrogen-bond donors (Lipinski definition) is 1. The van der Waals surface area contributed by atoms with Gasteiger partial charge in [0.15, 0.2) is 10.7 Å². The first-order chi connectivity index (χ1) is 16.5. The van der Waals surface area contributed by atoms with Crippen molar-refractivity contribution in [1.82, 2.24) is 15.4 Å². The molecule has 1 saturated heterocycles. The number of aromatic nitrogens is 3. The van der Waals surface area contributed by atoms with Crippen molar-refractivity contribution in [3.8, 4) is 11.1 Å². The van der Waals surface area contributed by atoms with Crippen LogP contribution in [0.2, 0.25) is 0 Å². The lowest BCUT2D eigenvalue weighted by Crippen LogP contribution is -2.39. The molecule has 3 aromatic rings. The van der Waals surface area contributed by atoms with Crippen molar-refractivity contribution in [3.05, 3.63) is 54.2 Å². The van der Waals surface area contributed by atoms with E-state index >= 15 is 0 Å². The van der Waals surface area contributed by atoms with Gasteiger partial charge in [0.05, 0.1) is 0 Å². The molecule has 7 nitrogen and oxygen atoms in total. The van der Waals surface area contributed by atoms with Crippen molar-refractivity contribution in [1.29, 1.82) is 0 Å². The number of H-pyrrole nitrogens is 1. The van der Waals surface area contributed by atoms with Gasteiger partial charge >= 0.3 is 18.1 Å². The largest absolute Gasteiger partial charge is 0.491 e. The number of aromatic amines is 1. The predicted octanol–water partition coefficient (Wildman–Crippen LogP) is 5.10. The van der Waals surface area contributed by atoms with Crippen LogP contribution in [0.4, 0.5) is 27.6 Å². The van der Waals surface area contributed by atoms with Gasteiger partial charge in [0, 0.05) is 36.5 Å². The van der Waals surface area contributed by atoms with Crippen LogP contribution in [-0.4, -0.2) is 52.5 Å². The van der Waals surface area contributed by atoms with Crippen LogP contribution in [0.1, 0.15) is 23.3 Å². The Morgan fingerprint density at radius 2 is 1.54 bits per heavy atom. The SMILES string of the molecule is O=C(OC(=O)C(F)(F)F)c1[nH]nnc1Sc1ccc(-c2ccc(N3CCC(F)(F)CC3)cc2)cc1. The topological polar surface area (TPSA) is 88.2 Å². The zero-order valence-corrected chi connectivity index (χ0v) is 18.6. The number of alkyl halides is 5. The van der Waals surface area contributed by atoms with Gasteiger partial charge in [-0.1, -0.05) is 41.2 Å². The normalized spacial score (nSPS) is 15.6. The molecule has 1 fully saturated rings. The average Bonchev–Trinajstić information content (AvgIpc) is 3.27. The number of benzene rings is 2. The number of nitrogens with one attached hydrogen (secondary N) is 1. The van der Waals surface area contributed by atoms with Crippen LogP contribution in [0.3, 0.4) is 0 Å². The third-order valence-corrected chi connectivity index (χ3v) is 6.25. The van der Waals surface area contributed by atoms with E-state index in [1.807, 2.05) is 29.2 Å². The fourth-order valence-corrected chi connectivity index (χ4v) is 4.21. The summed E-state index contributed by atoms with van der Waals surface area (Å²) in [6, 6.07) is 14.5. The molecular weight excluding hydrogens is 495 g/mol. The van der Waals surface area contributed by atoms with E-state index in [1.165, 1.54) is 0 Å². The molecule has 2 aromatic carbocycles. The summed E-state index contributed by atoms with van der Waals surface area (Å²) >= 11 is 0.943. The van der Waals surface area contributed by atoms with E-state index in [1.54, 1.807) is 24.3 Å². The molecule has 1 aromatic heterocycles. The maximum atomic E-state index is 13.4. The number of hydrogen-bond acceptors (Lipinski definition) is 7. The molecule has 1 N–H and O–H groups in total. The van der Waals surface area contributed by atoms with Crippen LogP contribution >= 0.6 is 11.8 Å². The van der Waals surface area contributed by atoms with Crippen molar-refractivity contribution in [3.63, 3.8) is 0 Å². The van der Waals surface area contributed by atoms with Gasteiger partial charge in [0.1, 0.15) is 0 Å². The van der Waals surface area contributed by atoms with Crippen molar-refractivity contribution >= 4 is 29.4 Å². The van der Waals surface area contributed by atoms with E-state index < -0.39 is 29.7 Å². The van der Waals surface area contributed by atoms with Crippen molar-refractivity contribution < 1.29 is 36.3 Å². The first-order valence-corrected chi connectivity index (χ1v) is 11.1. The minimum Gasteiger partial charge on any atom is -0.381 e. The minimum absolute atomic E-state index is 0.0609. The molecule has 0 spiro atoms. The number of nitrogens with zero attached hydrogens (tertiary/aromatic N) is 3. The Morgan fingerprint density at radius 3 is 2.11 bits per heavy atom. The first kappa shape index (κ1) is 24.6. The van der Waals surface area contributed by atoms with Gasteiger partial charge in [0.2, 0.25) is 0 Å². The highest BCUT2D eigenvalue weighted by Gasteiger charge is 2.43. The molecule has 1 aliphatic rings. The average molecular weight is 512 g/mol. The fourth-order valence-electron chi connectivity index (χ4n) is 3.40. The highest BCUT2D eigenvalue weighted by molar-refractivity contribution is 7.99. The summed E-state index contributed by atoms with van der Waals surface area (Å²) in [5.74, 6) is -6.79. The molecule has 4 rings (SSSR count). The summed E-state index contributed by atoms with van der Waals surface area (Å²) in [7, 11) is 0. The Hall–Kier alpha value is -3.48. The highest BCUT2D eigenvalue weighted by atomic mass is 32.2. The van der Waals surface area contributed by atoms with Crippen molar-refractivity contribution in [2.45, 2.75) is 34.9 Å². The molecule has 0 saturated carbocycles. The van der Waals surface area contributed by atoms with Gasteiger partial charge in [-0.2, -0.15) is 13.2 Å². The summed E-state index contributed by atoms with van der Waals surface area (Å²) in [5.41, 5.74) is 2.14. The molecular formula is C22H17F5N4O3S. The van der Waals surface area contributed by atoms with E-state index in [0.29, 0.717) is 18.0 Å². The first-order valence-electron chi connectivity index (χ1n) is 10.3. The summed E-state index contributed by atoms with van der Waals surface area (Å²) in [6.45, 7) is 0.584. The van der Waals surface area contributed by atoms with Gasteiger partial charge in [-0.15, -0.1) is 5.10 Å². The van der Waals surface area contributed by atoms with Gasteiger partial charge < -0.3 is 9.64 Å². The summed E-state index contributed by atoms with van der Waals surface area (Å²) in [6.07, 6.45) is -5.65. The van der Waals surface area contributed by atoms with Crippen molar-refractivity contribution in [2.75, 3.05) is 18.0 Å². The molecule has 35 heavy (non-hydrogen) atoms. The Bertz CT molecular complexity index is 1200. The van der Waals surface area contributed by atoms with E-state index in [-0.39, 0.29) is 17.9 Å². The monoisotopic (exact) mass is 512 g/mol. The zero-order chi connectivity index (χ0) is 25.2. The lowest BCUT2D eigenvalue weighted by Gasteiger charge is -2.33. The number of esters is 2. The molecule has 1 aliphatic heterocycles. The van der Waals surface area contributed by atoms with Crippen LogP contribution in [0, 0.1) is 0 Å². The number of ether oxygens (including phenoxy) is 1. The number of piperidine rings is 1. The van der Waals surface area contributed by atoms with E-state index in [9.17, 15) is 31.5 Å². The number of halogens is 5. The van der Waals surface area contributed by atoms with Crippen LogP contribution in [0.15, 0.2) is 58.5 Å². The fraction of sp³-hybridized carbons (Fsp3) is 0.273. The number of carbonyl (C=O) groups excluding carboxylic acids is 2. The molecule has 0 radical (unpaired) electrons. The Balaban J connectivity index is 1.40. The van der Waals surface area contributed by atoms with E-state index in [0.717, 1.165) is 28.6 Å². The van der Waals surface area contributed by atoms with Crippen molar-refractivity contribution in [2.24, 2.45) is 0 Å². The highest BCUT2D eigenvalue weighted by Crippen LogP contribution is 2.33. The zero-order valence-electron chi connectivity index (χ0n) is 17.8. The molecule has 0 aliphatic carbocycles. The number of anilines is 1. The maximum absolute atomic E-state index is 13.4. The van der Waals surface area contributed by atoms with Gasteiger partial charge in [-0.25, -0.2) is 23.5 Å². The number of carbonyl (C=O) groups is 2.